The van der Waals surface area contributed by atoms with Crippen molar-refractivity contribution >= 4 is 52.2 Å². The molecule has 0 radical (unpaired) electrons. The molecular formula is C24H23Cl2N3O5. The first kappa shape index (κ1) is 24.2. The van der Waals surface area contributed by atoms with Crippen molar-refractivity contribution in [2.75, 3.05) is 5.32 Å². The fourth-order valence-electron chi connectivity index (χ4n) is 5.27. The number of nitrogens with zero attached hydrogens (tertiary/aromatic N) is 2. The number of nitrogens with one attached hydrogen (secondary N) is 1. The van der Waals surface area contributed by atoms with Gasteiger partial charge in [0.15, 0.2) is 0 Å². The third-order valence-corrected chi connectivity index (χ3v) is 8.53. The van der Waals surface area contributed by atoms with E-state index in [1.807, 2.05) is 20.8 Å². The first-order valence-corrected chi connectivity index (χ1v) is 11.5. The monoisotopic (exact) mass is 503 g/mol. The van der Waals surface area contributed by atoms with Gasteiger partial charge in [0.05, 0.1) is 37.3 Å². The van der Waals surface area contributed by atoms with Crippen LogP contribution in [0.15, 0.2) is 47.6 Å². The number of anilines is 1. The lowest BCUT2D eigenvalue weighted by Gasteiger charge is -2.39. The molecule has 2 atom stereocenters. The minimum absolute atomic E-state index is 0.0203. The van der Waals surface area contributed by atoms with Gasteiger partial charge in [-0.1, -0.05) is 61.3 Å². The maximum atomic E-state index is 13.6. The number of amides is 1. The largest absolute Gasteiger partial charge is 0.365 e. The molecule has 0 aromatic heterocycles. The van der Waals surface area contributed by atoms with Gasteiger partial charge in [0.2, 0.25) is 5.91 Å². The predicted octanol–water partition coefficient (Wildman–Crippen LogP) is 6.27. The number of para-hydroxylation sites is 1. The van der Waals surface area contributed by atoms with E-state index in [4.69, 9.17) is 28.0 Å². The van der Waals surface area contributed by atoms with E-state index in [0.29, 0.717) is 40.7 Å². The zero-order valence-electron chi connectivity index (χ0n) is 18.9. The number of carbonyl (C=O) groups excluding carboxylic acids is 2. The van der Waals surface area contributed by atoms with Crippen molar-refractivity contribution in [2.45, 2.75) is 40.0 Å². The highest BCUT2D eigenvalue weighted by atomic mass is 35.5. The second kappa shape index (κ2) is 8.36. The van der Waals surface area contributed by atoms with Crippen molar-refractivity contribution in [3.63, 3.8) is 0 Å². The molecule has 2 bridgehead atoms. The summed E-state index contributed by atoms with van der Waals surface area (Å²) < 4.78 is 0. The minimum Gasteiger partial charge on any atom is -0.323 e. The number of halogens is 2. The van der Waals surface area contributed by atoms with Crippen LogP contribution in [0.3, 0.4) is 0 Å². The van der Waals surface area contributed by atoms with Crippen LogP contribution in [0.2, 0.25) is 10.0 Å². The zero-order valence-corrected chi connectivity index (χ0v) is 20.4. The van der Waals surface area contributed by atoms with E-state index in [-0.39, 0.29) is 17.2 Å². The summed E-state index contributed by atoms with van der Waals surface area (Å²) in [6, 6.07) is 10.3. The standard InChI is InChI=1S/C24H23Cl2N3O5/c1-22(2)23(3)10-11-24(22,21(31)27-19-16(25)8-5-9-17(19)26)13-18(23)28-34-20(30)14-6-4-7-15(12-14)29(32)33/h4-9,12H,10-11,13H2,1-3H3,(H,27,31)/b28-18+. The Labute approximate surface area is 206 Å². The van der Waals surface area contributed by atoms with Gasteiger partial charge in [-0.25, -0.2) is 4.79 Å². The molecule has 0 spiro atoms. The molecule has 2 fully saturated rings. The number of hydrogen-bond acceptors (Lipinski definition) is 6. The van der Waals surface area contributed by atoms with Crippen molar-refractivity contribution in [2.24, 2.45) is 21.4 Å². The summed E-state index contributed by atoms with van der Waals surface area (Å²) in [6.45, 7) is 6.04. The number of hydrogen-bond donors (Lipinski definition) is 1. The Morgan fingerprint density at radius 2 is 1.74 bits per heavy atom. The Morgan fingerprint density at radius 1 is 1.09 bits per heavy atom. The van der Waals surface area contributed by atoms with Gasteiger partial charge >= 0.3 is 5.97 Å². The van der Waals surface area contributed by atoms with E-state index >= 15 is 0 Å². The summed E-state index contributed by atoms with van der Waals surface area (Å²) in [5.41, 5.74) is -1.04. The van der Waals surface area contributed by atoms with E-state index < -0.39 is 27.1 Å². The smallest absolute Gasteiger partial charge is 0.323 e. The average molecular weight is 504 g/mol. The normalized spacial score (nSPS) is 25.9. The molecule has 2 aromatic rings. The number of benzene rings is 2. The van der Waals surface area contributed by atoms with Crippen molar-refractivity contribution in [1.82, 2.24) is 0 Å². The van der Waals surface area contributed by atoms with Crippen LogP contribution >= 0.6 is 23.2 Å². The topological polar surface area (TPSA) is 111 Å². The van der Waals surface area contributed by atoms with Gasteiger partial charge in [0.1, 0.15) is 0 Å². The molecule has 2 aromatic carbocycles. The average Bonchev–Trinajstić information content (AvgIpc) is 3.10. The highest BCUT2D eigenvalue weighted by molar-refractivity contribution is 6.39. The lowest BCUT2D eigenvalue weighted by atomic mass is 9.64. The van der Waals surface area contributed by atoms with Crippen LogP contribution in [0, 0.1) is 26.4 Å². The van der Waals surface area contributed by atoms with Crippen molar-refractivity contribution < 1.29 is 19.3 Å². The molecule has 0 saturated heterocycles. The van der Waals surface area contributed by atoms with Gasteiger partial charge < -0.3 is 10.2 Å². The lowest BCUT2D eigenvalue weighted by molar-refractivity contribution is -0.384. The Balaban J connectivity index is 1.60. The second-order valence-corrected chi connectivity index (χ2v) is 10.3. The number of nitro groups is 1. The first-order valence-electron chi connectivity index (χ1n) is 10.7. The molecule has 34 heavy (non-hydrogen) atoms. The van der Waals surface area contributed by atoms with Crippen LogP contribution < -0.4 is 5.32 Å². The number of rotatable bonds is 5. The molecule has 10 heteroatoms. The molecule has 2 saturated carbocycles. The van der Waals surface area contributed by atoms with Gasteiger partial charge in [-0.2, -0.15) is 0 Å². The summed E-state index contributed by atoms with van der Waals surface area (Å²) in [5, 5.41) is 18.7. The summed E-state index contributed by atoms with van der Waals surface area (Å²) in [5.74, 6) is -1.02. The van der Waals surface area contributed by atoms with E-state index in [1.54, 1.807) is 18.2 Å². The van der Waals surface area contributed by atoms with E-state index in [1.165, 1.54) is 18.2 Å². The number of non-ortho nitro benzene ring substituents is 1. The quantitative estimate of drug-likeness (QED) is 0.293. The molecule has 2 aliphatic rings. The Hall–Kier alpha value is -2.97. The molecule has 1 amide bonds. The highest BCUT2D eigenvalue weighted by Gasteiger charge is 2.71. The third kappa shape index (κ3) is 3.56. The van der Waals surface area contributed by atoms with E-state index in [9.17, 15) is 19.7 Å². The van der Waals surface area contributed by atoms with Gasteiger partial charge in [-0.3, -0.25) is 14.9 Å². The summed E-state index contributed by atoms with van der Waals surface area (Å²) in [6.07, 6.45) is 1.60. The van der Waals surface area contributed by atoms with Crippen LogP contribution in [0.1, 0.15) is 50.4 Å². The molecule has 2 unspecified atom stereocenters. The minimum atomic E-state index is -0.805. The van der Waals surface area contributed by atoms with Crippen molar-refractivity contribution in [1.29, 1.82) is 0 Å². The zero-order chi connectivity index (χ0) is 24.9. The SMILES string of the molecule is CC12CCC(C(=O)Nc3c(Cl)cccc3Cl)(C/C1=N\OC(=O)c1cccc([N+](=O)[O-])c1)C2(C)C. The maximum Gasteiger partial charge on any atom is 0.365 e. The fourth-order valence-corrected chi connectivity index (χ4v) is 5.76. The third-order valence-electron chi connectivity index (χ3n) is 7.90. The number of fused-ring (bicyclic) bond motifs is 2. The van der Waals surface area contributed by atoms with E-state index in [2.05, 4.69) is 10.5 Å². The lowest BCUT2D eigenvalue weighted by Crippen LogP contribution is -2.43. The number of carbonyl (C=O) groups is 2. The fraction of sp³-hybridized carbons (Fsp3) is 0.375. The first-order chi connectivity index (χ1) is 15.9. The highest BCUT2D eigenvalue weighted by Crippen LogP contribution is 2.71. The van der Waals surface area contributed by atoms with Crippen LogP contribution in [0.5, 0.6) is 0 Å². The van der Waals surface area contributed by atoms with Gasteiger partial charge in [0.25, 0.3) is 5.69 Å². The van der Waals surface area contributed by atoms with E-state index in [0.717, 1.165) is 6.07 Å². The maximum absolute atomic E-state index is 13.6. The molecule has 2 aliphatic carbocycles. The van der Waals surface area contributed by atoms with Crippen molar-refractivity contribution in [3.05, 3.63) is 68.2 Å². The molecule has 178 valence electrons. The Kier molecular flexibility index (Phi) is 5.94. The van der Waals surface area contributed by atoms with Crippen LogP contribution in [-0.2, 0) is 9.63 Å². The summed E-state index contributed by atoms with van der Waals surface area (Å²) in [7, 11) is 0. The molecule has 8 nitrogen and oxygen atoms in total. The molecule has 0 aliphatic heterocycles. The van der Waals surface area contributed by atoms with Crippen LogP contribution in [0.4, 0.5) is 11.4 Å². The van der Waals surface area contributed by atoms with Crippen molar-refractivity contribution in [3.8, 4) is 0 Å². The molecular weight excluding hydrogens is 481 g/mol. The summed E-state index contributed by atoms with van der Waals surface area (Å²) in [4.78, 5) is 41.7. The molecule has 4 rings (SSSR count). The van der Waals surface area contributed by atoms with Gasteiger partial charge in [0, 0.05) is 24.0 Å². The number of nitro benzene ring substituents is 1. The van der Waals surface area contributed by atoms with Crippen LogP contribution in [-0.4, -0.2) is 22.5 Å². The predicted molar refractivity (Wildman–Crippen MR) is 129 cm³/mol. The molecule has 0 heterocycles. The molecule has 1 N–H and O–H groups in total. The Bertz CT molecular complexity index is 1220. The second-order valence-electron chi connectivity index (χ2n) is 9.49. The number of oxime groups is 1. The van der Waals surface area contributed by atoms with Crippen LogP contribution in [0.25, 0.3) is 0 Å². The summed E-state index contributed by atoms with van der Waals surface area (Å²) >= 11 is 12.5. The van der Waals surface area contributed by atoms with Gasteiger partial charge in [-0.05, 0) is 36.5 Å². The Morgan fingerprint density at radius 3 is 2.38 bits per heavy atom. The van der Waals surface area contributed by atoms with Gasteiger partial charge in [-0.15, -0.1) is 0 Å².